The fourth-order valence-corrected chi connectivity index (χ4v) is 3.27. The van der Waals surface area contributed by atoms with Gasteiger partial charge < -0.3 is 14.0 Å². The average Bonchev–Trinajstić information content (AvgIpc) is 3.05. The molecule has 2 aromatic carbocycles. The molecule has 162 valence electrons. The van der Waals surface area contributed by atoms with Gasteiger partial charge in [-0.25, -0.2) is 9.18 Å². The first-order valence-corrected chi connectivity index (χ1v) is 10.1. The van der Waals surface area contributed by atoms with E-state index >= 15 is 0 Å². The highest BCUT2D eigenvalue weighted by atomic mass is 19.1. The van der Waals surface area contributed by atoms with E-state index < -0.39 is 5.97 Å². The zero-order valence-corrected chi connectivity index (χ0v) is 18.1. The monoisotopic (exact) mass is 423 g/mol. The molecule has 0 fully saturated rings. The number of ether oxygens (including phenoxy) is 2. The van der Waals surface area contributed by atoms with Crippen LogP contribution in [0, 0.1) is 25.6 Å². The number of esters is 1. The molecule has 0 spiro atoms. The summed E-state index contributed by atoms with van der Waals surface area (Å²) in [6.45, 7) is 8.01. The second-order valence-electron chi connectivity index (χ2n) is 7.83. The predicted molar refractivity (Wildman–Crippen MR) is 117 cm³/mol. The van der Waals surface area contributed by atoms with Crippen molar-refractivity contribution in [3.05, 3.63) is 82.9 Å². The van der Waals surface area contributed by atoms with Crippen LogP contribution in [-0.2, 0) is 4.74 Å². The Kier molecular flexibility index (Phi) is 6.90. The van der Waals surface area contributed by atoms with Crippen LogP contribution >= 0.6 is 0 Å². The molecular weight excluding hydrogens is 397 g/mol. The molecule has 0 aliphatic rings. The number of ketones is 1. The van der Waals surface area contributed by atoms with Crippen LogP contribution in [0.15, 0.2) is 54.6 Å². The molecule has 0 amide bonds. The third-order valence-electron chi connectivity index (χ3n) is 4.82. The van der Waals surface area contributed by atoms with Crippen molar-refractivity contribution in [2.24, 2.45) is 5.92 Å². The Labute approximate surface area is 181 Å². The number of hydrogen-bond donors (Lipinski definition) is 0. The van der Waals surface area contributed by atoms with Gasteiger partial charge in [0.05, 0.1) is 12.2 Å². The number of nitrogens with zero attached hydrogens (tertiary/aromatic N) is 1. The Hall–Kier alpha value is -3.41. The maximum absolute atomic E-state index is 13.2. The lowest BCUT2D eigenvalue weighted by molar-refractivity contribution is 0.0474. The van der Waals surface area contributed by atoms with Crippen LogP contribution in [0.5, 0.6) is 5.75 Å². The molecule has 31 heavy (non-hydrogen) atoms. The van der Waals surface area contributed by atoms with Gasteiger partial charge >= 0.3 is 5.97 Å². The standard InChI is InChI=1S/C25H26FNO4/c1-16(2)14-30-22-11-5-19(6-12-22)25(29)31-15-24(28)23-13-17(3)27(18(23)4)21-9-7-20(26)8-10-21/h5-13,16H,14-15H2,1-4H3. The SMILES string of the molecule is Cc1cc(C(=O)COC(=O)c2ccc(OCC(C)C)cc2)c(C)n1-c1ccc(F)cc1. The van der Waals surface area contributed by atoms with Crippen LogP contribution in [0.3, 0.4) is 0 Å². The molecular formula is C25H26FNO4. The number of carbonyl (C=O) groups is 2. The lowest BCUT2D eigenvalue weighted by Crippen LogP contribution is -2.15. The molecule has 0 N–H and O–H groups in total. The third kappa shape index (κ3) is 5.40. The first kappa shape index (κ1) is 22.3. The number of hydrogen-bond acceptors (Lipinski definition) is 4. The van der Waals surface area contributed by atoms with Crippen molar-refractivity contribution in [3.8, 4) is 11.4 Å². The van der Waals surface area contributed by atoms with Crippen LogP contribution in [0.4, 0.5) is 4.39 Å². The van der Waals surface area contributed by atoms with Gasteiger partial charge in [-0.2, -0.15) is 0 Å². The molecule has 3 rings (SSSR count). The van der Waals surface area contributed by atoms with E-state index in [1.807, 2.05) is 11.5 Å². The molecule has 0 radical (unpaired) electrons. The number of aromatic nitrogens is 1. The number of halogens is 1. The Bertz CT molecular complexity index is 1070. The van der Waals surface area contributed by atoms with Gasteiger partial charge in [-0.3, -0.25) is 4.79 Å². The van der Waals surface area contributed by atoms with E-state index in [-0.39, 0.29) is 18.2 Å². The largest absolute Gasteiger partial charge is 0.493 e. The van der Waals surface area contributed by atoms with Gasteiger partial charge in [0, 0.05) is 22.6 Å². The number of Topliss-reactive ketones (excluding diaryl/α,β-unsaturated/α-hetero) is 1. The van der Waals surface area contributed by atoms with E-state index in [0.717, 1.165) is 11.4 Å². The van der Waals surface area contributed by atoms with E-state index in [9.17, 15) is 14.0 Å². The van der Waals surface area contributed by atoms with Crippen LogP contribution in [0.2, 0.25) is 0 Å². The highest BCUT2D eigenvalue weighted by molar-refractivity contribution is 6.00. The highest BCUT2D eigenvalue weighted by Gasteiger charge is 2.19. The van der Waals surface area contributed by atoms with Gasteiger partial charge in [-0.1, -0.05) is 13.8 Å². The maximum atomic E-state index is 13.2. The Balaban J connectivity index is 1.65. The summed E-state index contributed by atoms with van der Waals surface area (Å²) in [6.07, 6.45) is 0. The Morgan fingerprint density at radius 1 is 1.00 bits per heavy atom. The molecule has 6 heteroatoms. The van der Waals surface area contributed by atoms with Crippen molar-refractivity contribution < 1.29 is 23.5 Å². The topological polar surface area (TPSA) is 57.5 Å². The number of benzene rings is 2. The molecule has 0 unspecified atom stereocenters. The Morgan fingerprint density at radius 3 is 2.26 bits per heavy atom. The average molecular weight is 423 g/mol. The number of carbonyl (C=O) groups excluding carboxylic acids is 2. The minimum atomic E-state index is -0.573. The zero-order chi connectivity index (χ0) is 22.5. The highest BCUT2D eigenvalue weighted by Crippen LogP contribution is 2.22. The van der Waals surface area contributed by atoms with Gasteiger partial charge in [-0.05, 0) is 74.4 Å². The smallest absolute Gasteiger partial charge is 0.338 e. The van der Waals surface area contributed by atoms with Crippen LogP contribution in [-0.4, -0.2) is 29.5 Å². The molecule has 0 saturated heterocycles. The second-order valence-corrected chi connectivity index (χ2v) is 7.83. The molecule has 0 aliphatic heterocycles. The second kappa shape index (κ2) is 9.60. The van der Waals surface area contributed by atoms with Crippen LogP contribution in [0.1, 0.15) is 46.0 Å². The van der Waals surface area contributed by atoms with E-state index in [2.05, 4.69) is 13.8 Å². The summed E-state index contributed by atoms with van der Waals surface area (Å²) in [4.78, 5) is 25.0. The lowest BCUT2D eigenvalue weighted by Gasteiger charge is -2.10. The fourth-order valence-electron chi connectivity index (χ4n) is 3.27. The van der Waals surface area contributed by atoms with Gasteiger partial charge in [0.25, 0.3) is 0 Å². The van der Waals surface area contributed by atoms with Crippen molar-refractivity contribution in [2.75, 3.05) is 13.2 Å². The molecule has 5 nitrogen and oxygen atoms in total. The van der Waals surface area contributed by atoms with E-state index in [1.165, 1.54) is 12.1 Å². The molecule has 3 aromatic rings. The molecule has 1 aromatic heterocycles. The van der Waals surface area contributed by atoms with Gasteiger partial charge in [0.1, 0.15) is 11.6 Å². The van der Waals surface area contributed by atoms with Gasteiger partial charge in [0.2, 0.25) is 5.78 Å². The summed E-state index contributed by atoms with van der Waals surface area (Å²) >= 11 is 0. The predicted octanol–water partition coefficient (Wildman–Crippen LogP) is 5.31. The molecule has 1 heterocycles. The van der Waals surface area contributed by atoms with Crippen molar-refractivity contribution in [2.45, 2.75) is 27.7 Å². The van der Waals surface area contributed by atoms with Crippen molar-refractivity contribution in [1.29, 1.82) is 0 Å². The van der Waals surface area contributed by atoms with Crippen molar-refractivity contribution >= 4 is 11.8 Å². The first-order valence-electron chi connectivity index (χ1n) is 10.1. The van der Waals surface area contributed by atoms with Gasteiger partial charge in [-0.15, -0.1) is 0 Å². The van der Waals surface area contributed by atoms with E-state index in [1.54, 1.807) is 49.4 Å². The summed E-state index contributed by atoms with van der Waals surface area (Å²) in [7, 11) is 0. The molecule has 0 atom stereocenters. The minimum Gasteiger partial charge on any atom is -0.493 e. The normalized spacial score (nSPS) is 10.9. The Morgan fingerprint density at radius 2 is 1.65 bits per heavy atom. The molecule has 0 aliphatic carbocycles. The summed E-state index contributed by atoms with van der Waals surface area (Å²) in [5.74, 6) is -0.119. The quantitative estimate of drug-likeness (QED) is 0.364. The van der Waals surface area contributed by atoms with Crippen molar-refractivity contribution in [3.63, 3.8) is 0 Å². The first-order chi connectivity index (χ1) is 14.8. The van der Waals surface area contributed by atoms with Crippen molar-refractivity contribution in [1.82, 2.24) is 4.57 Å². The minimum absolute atomic E-state index is 0.299. The fraction of sp³-hybridized carbons (Fsp3) is 0.280. The summed E-state index contributed by atoms with van der Waals surface area (Å²) in [6, 6.07) is 14.4. The number of aryl methyl sites for hydroxylation is 1. The summed E-state index contributed by atoms with van der Waals surface area (Å²) in [5, 5.41) is 0. The molecule has 0 saturated carbocycles. The summed E-state index contributed by atoms with van der Waals surface area (Å²) in [5.41, 5.74) is 3.10. The zero-order valence-electron chi connectivity index (χ0n) is 18.1. The number of rotatable bonds is 8. The molecule has 0 bridgehead atoms. The summed E-state index contributed by atoms with van der Waals surface area (Å²) < 4.78 is 25.9. The van der Waals surface area contributed by atoms with Gasteiger partial charge in [0.15, 0.2) is 6.61 Å². The van der Waals surface area contributed by atoms with Crippen LogP contribution < -0.4 is 4.74 Å². The maximum Gasteiger partial charge on any atom is 0.338 e. The third-order valence-corrected chi connectivity index (χ3v) is 4.82. The van der Waals surface area contributed by atoms with E-state index in [0.29, 0.717) is 35.1 Å². The lowest BCUT2D eigenvalue weighted by atomic mass is 10.1. The van der Waals surface area contributed by atoms with Crippen LogP contribution in [0.25, 0.3) is 5.69 Å². The van der Waals surface area contributed by atoms with E-state index in [4.69, 9.17) is 9.47 Å².